The van der Waals surface area contributed by atoms with Gasteiger partial charge in [-0.1, -0.05) is 19.9 Å². The monoisotopic (exact) mass is 247 g/mol. The second kappa shape index (κ2) is 5.81. The summed E-state index contributed by atoms with van der Waals surface area (Å²) < 4.78 is 0. The normalized spacial score (nSPS) is 24.1. The lowest BCUT2D eigenvalue weighted by Crippen LogP contribution is -2.45. The first-order valence-corrected chi connectivity index (χ1v) is 6.93. The van der Waals surface area contributed by atoms with Gasteiger partial charge in [0.15, 0.2) is 0 Å². The van der Waals surface area contributed by atoms with Crippen LogP contribution in [0.2, 0.25) is 0 Å². The molecule has 1 aromatic heterocycles. The van der Waals surface area contributed by atoms with Crippen molar-refractivity contribution in [3.8, 4) is 0 Å². The van der Waals surface area contributed by atoms with E-state index < -0.39 is 0 Å². The van der Waals surface area contributed by atoms with E-state index in [4.69, 9.17) is 5.73 Å². The predicted molar refractivity (Wildman–Crippen MR) is 75.1 cm³/mol. The maximum Gasteiger partial charge on any atom is 0.0312 e. The summed E-state index contributed by atoms with van der Waals surface area (Å²) in [5.74, 6) is 0.771. The summed E-state index contributed by atoms with van der Waals surface area (Å²) in [6, 6.07) is 4.17. The zero-order valence-corrected chi connectivity index (χ0v) is 11.6. The van der Waals surface area contributed by atoms with Crippen LogP contribution in [0.5, 0.6) is 0 Å². The second-order valence-corrected chi connectivity index (χ2v) is 6.12. The van der Waals surface area contributed by atoms with Crippen LogP contribution < -0.4 is 5.73 Å². The molecule has 1 aliphatic heterocycles. The highest BCUT2D eigenvalue weighted by molar-refractivity contribution is 5.08. The molecule has 2 heterocycles. The van der Waals surface area contributed by atoms with Crippen molar-refractivity contribution in [1.82, 2.24) is 9.88 Å². The number of nitrogens with two attached hydrogens (primary N) is 1. The molecule has 100 valence electrons. The lowest BCUT2D eigenvalue weighted by atomic mass is 9.72. The third kappa shape index (κ3) is 3.30. The summed E-state index contributed by atoms with van der Waals surface area (Å²) in [4.78, 5) is 6.73. The number of rotatable bonds is 4. The van der Waals surface area contributed by atoms with Crippen LogP contribution in [0, 0.1) is 11.3 Å². The van der Waals surface area contributed by atoms with Gasteiger partial charge >= 0.3 is 0 Å². The molecule has 0 bridgehead atoms. The Hall–Kier alpha value is -0.930. The molecule has 2 N–H and O–H groups in total. The third-order valence-corrected chi connectivity index (χ3v) is 4.17. The van der Waals surface area contributed by atoms with Crippen LogP contribution in [0.1, 0.15) is 32.3 Å². The molecule has 3 nitrogen and oxygen atoms in total. The zero-order valence-electron chi connectivity index (χ0n) is 11.6. The van der Waals surface area contributed by atoms with Gasteiger partial charge < -0.3 is 5.73 Å². The quantitative estimate of drug-likeness (QED) is 0.887. The van der Waals surface area contributed by atoms with Gasteiger partial charge in [-0.2, -0.15) is 0 Å². The summed E-state index contributed by atoms with van der Waals surface area (Å²) in [5.41, 5.74) is 7.40. The van der Waals surface area contributed by atoms with Crippen molar-refractivity contribution >= 4 is 0 Å². The summed E-state index contributed by atoms with van der Waals surface area (Å²) in [6.07, 6.45) is 6.23. The highest BCUT2D eigenvalue weighted by Gasteiger charge is 2.34. The molecular weight excluding hydrogens is 222 g/mol. The lowest BCUT2D eigenvalue weighted by Gasteiger charge is -2.44. The number of likely N-dealkylation sites (tertiary alicyclic amines) is 1. The predicted octanol–water partition coefficient (Wildman–Crippen LogP) is 2.28. The highest BCUT2D eigenvalue weighted by atomic mass is 15.1. The summed E-state index contributed by atoms with van der Waals surface area (Å²) in [7, 11) is 0. The number of hydrogen-bond acceptors (Lipinski definition) is 3. The van der Waals surface area contributed by atoms with Crippen LogP contribution in [-0.4, -0.2) is 29.5 Å². The average molecular weight is 247 g/mol. The van der Waals surface area contributed by atoms with Crippen molar-refractivity contribution in [2.24, 2.45) is 17.1 Å². The van der Waals surface area contributed by atoms with Crippen LogP contribution in [0.4, 0.5) is 0 Å². The zero-order chi connectivity index (χ0) is 13.0. The van der Waals surface area contributed by atoms with Gasteiger partial charge in [0.2, 0.25) is 0 Å². The van der Waals surface area contributed by atoms with Crippen molar-refractivity contribution in [3.05, 3.63) is 30.1 Å². The molecule has 1 unspecified atom stereocenters. The van der Waals surface area contributed by atoms with Gasteiger partial charge in [-0.05, 0) is 48.9 Å². The minimum atomic E-state index is 0.375. The molecule has 1 aliphatic rings. The van der Waals surface area contributed by atoms with Gasteiger partial charge in [0.1, 0.15) is 0 Å². The fourth-order valence-electron chi connectivity index (χ4n) is 3.13. The van der Waals surface area contributed by atoms with E-state index >= 15 is 0 Å². The average Bonchev–Trinajstić information content (AvgIpc) is 2.33. The maximum absolute atomic E-state index is 5.72. The molecule has 1 atom stereocenters. The van der Waals surface area contributed by atoms with Crippen LogP contribution in [0.15, 0.2) is 24.5 Å². The van der Waals surface area contributed by atoms with E-state index in [-0.39, 0.29) is 0 Å². The van der Waals surface area contributed by atoms with E-state index in [0.29, 0.717) is 5.41 Å². The van der Waals surface area contributed by atoms with Gasteiger partial charge in [-0.3, -0.25) is 9.88 Å². The molecule has 0 amide bonds. The van der Waals surface area contributed by atoms with Crippen LogP contribution in [0.3, 0.4) is 0 Å². The van der Waals surface area contributed by atoms with E-state index in [9.17, 15) is 0 Å². The number of aromatic nitrogens is 1. The van der Waals surface area contributed by atoms with Crippen LogP contribution in [0.25, 0.3) is 0 Å². The smallest absolute Gasteiger partial charge is 0.0312 e. The molecule has 0 radical (unpaired) electrons. The fourth-order valence-corrected chi connectivity index (χ4v) is 3.13. The van der Waals surface area contributed by atoms with Gasteiger partial charge in [0.25, 0.3) is 0 Å². The summed E-state index contributed by atoms with van der Waals surface area (Å²) in [6.45, 7) is 8.93. The Bertz CT molecular complexity index is 361. The van der Waals surface area contributed by atoms with Gasteiger partial charge in [-0.25, -0.2) is 0 Å². The molecule has 18 heavy (non-hydrogen) atoms. The van der Waals surface area contributed by atoms with Crippen molar-refractivity contribution in [2.45, 2.75) is 33.2 Å². The van der Waals surface area contributed by atoms with Gasteiger partial charge in [0.05, 0.1) is 0 Å². The first kappa shape index (κ1) is 13.5. The number of hydrogen-bond donors (Lipinski definition) is 1. The summed E-state index contributed by atoms with van der Waals surface area (Å²) >= 11 is 0. The Balaban J connectivity index is 1.94. The largest absolute Gasteiger partial charge is 0.330 e. The summed E-state index contributed by atoms with van der Waals surface area (Å²) in [5, 5.41) is 0. The molecule has 3 heteroatoms. The molecule has 1 fully saturated rings. The maximum atomic E-state index is 5.72. The highest BCUT2D eigenvalue weighted by Crippen LogP contribution is 2.37. The molecule has 1 aromatic rings. The van der Waals surface area contributed by atoms with Crippen LogP contribution >= 0.6 is 0 Å². The van der Waals surface area contributed by atoms with Crippen molar-refractivity contribution in [2.75, 3.05) is 19.6 Å². The van der Waals surface area contributed by atoms with Crippen LogP contribution in [-0.2, 0) is 6.54 Å². The molecule has 0 saturated carbocycles. The molecule has 1 saturated heterocycles. The molecule has 0 aromatic carbocycles. The van der Waals surface area contributed by atoms with Gasteiger partial charge in [0, 0.05) is 25.5 Å². The number of nitrogens with zero attached hydrogens (tertiary/aromatic N) is 2. The molecule has 2 rings (SSSR count). The minimum absolute atomic E-state index is 0.375. The molecule has 0 aliphatic carbocycles. The standard InChI is InChI=1S/C15H25N3/c1-15(2)12-18(9-6-14(15)5-7-16)11-13-4-3-8-17-10-13/h3-4,8,10,14H,5-7,9,11-12,16H2,1-2H3. The molecule has 0 spiro atoms. The van der Waals surface area contributed by atoms with Crippen molar-refractivity contribution < 1.29 is 0 Å². The first-order chi connectivity index (χ1) is 8.62. The number of pyridine rings is 1. The molecular formula is C15H25N3. The Morgan fingerprint density at radius 2 is 2.33 bits per heavy atom. The van der Waals surface area contributed by atoms with E-state index in [1.807, 2.05) is 18.5 Å². The van der Waals surface area contributed by atoms with Crippen molar-refractivity contribution in [3.63, 3.8) is 0 Å². The van der Waals surface area contributed by atoms with E-state index in [0.717, 1.165) is 32.0 Å². The van der Waals surface area contributed by atoms with Crippen molar-refractivity contribution in [1.29, 1.82) is 0 Å². The van der Waals surface area contributed by atoms with Gasteiger partial charge in [-0.15, -0.1) is 0 Å². The third-order valence-electron chi connectivity index (χ3n) is 4.17. The minimum Gasteiger partial charge on any atom is -0.330 e. The first-order valence-electron chi connectivity index (χ1n) is 6.93. The van der Waals surface area contributed by atoms with E-state index in [1.165, 1.54) is 18.5 Å². The Kier molecular flexibility index (Phi) is 4.36. The number of piperidine rings is 1. The van der Waals surface area contributed by atoms with E-state index in [1.54, 1.807) is 0 Å². The SMILES string of the molecule is CC1(C)CN(Cc2cccnc2)CCC1CCN. The Morgan fingerprint density at radius 1 is 1.50 bits per heavy atom. The topological polar surface area (TPSA) is 42.2 Å². The fraction of sp³-hybridized carbons (Fsp3) is 0.667. The Labute approximate surface area is 110 Å². The second-order valence-electron chi connectivity index (χ2n) is 6.12. The van der Waals surface area contributed by atoms with E-state index in [2.05, 4.69) is 29.8 Å². The lowest BCUT2D eigenvalue weighted by molar-refractivity contribution is 0.0470. The Morgan fingerprint density at radius 3 is 2.94 bits per heavy atom.